The lowest BCUT2D eigenvalue weighted by Crippen LogP contribution is -2.29. The summed E-state index contributed by atoms with van der Waals surface area (Å²) in [4.78, 5) is 11.8. The normalized spacial score (nSPS) is 12.2. The van der Waals surface area contributed by atoms with Gasteiger partial charge in [0.05, 0.1) is 0 Å². The number of nitrogens with one attached hydrogen (secondary N) is 1. The van der Waals surface area contributed by atoms with E-state index in [2.05, 4.69) is 28.2 Å². The van der Waals surface area contributed by atoms with Crippen molar-refractivity contribution in [1.82, 2.24) is 5.32 Å². The van der Waals surface area contributed by atoms with Crippen molar-refractivity contribution in [1.29, 1.82) is 0 Å². The van der Waals surface area contributed by atoms with Crippen molar-refractivity contribution in [2.45, 2.75) is 26.7 Å². The second-order valence-electron chi connectivity index (χ2n) is 4.43. The van der Waals surface area contributed by atoms with Gasteiger partial charge >= 0.3 is 0 Å². The van der Waals surface area contributed by atoms with Gasteiger partial charge in [-0.2, -0.15) is 0 Å². The van der Waals surface area contributed by atoms with Crippen LogP contribution in [-0.4, -0.2) is 17.8 Å². The lowest BCUT2D eigenvalue weighted by atomic mass is 10.0. The molecule has 1 aromatic rings. The van der Waals surface area contributed by atoms with Crippen molar-refractivity contribution < 1.29 is 9.18 Å². The van der Waals surface area contributed by atoms with E-state index in [9.17, 15) is 9.18 Å². The topological polar surface area (TPSA) is 29.1 Å². The molecule has 0 fully saturated rings. The van der Waals surface area contributed by atoms with E-state index < -0.39 is 0 Å². The van der Waals surface area contributed by atoms with Crippen LogP contribution in [0.2, 0.25) is 0 Å². The molecule has 0 saturated carbocycles. The Bertz CT molecular complexity index is 409. The van der Waals surface area contributed by atoms with Crippen LogP contribution in [0.15, 0.2) is 18.2 Å². The summed E-state index contributed by atoms with van der Waals surface area (Å²) in [6.45, 7) is 4.42. The van der Waals surface area contributed by atoms with Crippen LogP contribution in [0.3, 0.4) is 0 Å². The number of benzene rings is 1. The van der Waals surface area contributed by atoms with Crippen LogP contribution in [0.25, 0.3) is 0 Å². The predicted molar refractivity (Wildman–Crippen MR) is 75.7 cm³/mol. The maximum Gasteiger partial charge on any atom is 0.251 e. The van der Waals surface area contributed by atoms with Gasteiger partial charge in [0.1, 0.15) is 5.82 Å². The van der Waals surface area contributed by atoms with Crippen LogP contribution in [0.4, 0.5) is 4.39 Å². The molecule has 0 saturated heterocycles. The molecule has 1 unspecified atom stereocenters. The van der Waals surface area contributed by atoms with Crippen LogP contribution < -0.4 is 5.32 Å². The number of aryl methyl sites for hydroxylation is 1. The SMILES string of the molecule is CCC(CCBr)CNC(=O)c1ccc(C)c(F)c1. The molecule has 4 heteroatoms. The van der Waals surface area contributed by atoms with Gasteiger partial charge < -0.3 is 5.32 Å². The molecule has 1 N–H and O–H groups in total. The number of carbonyl (C=O) groups is 1. The molecule has 0 bridgehead atoms. The maximum absolute atomic E-state index is 13.3. The van der Waals surface area contributed by atoms with Crippen molar-refractivity contribution in [2.24, 2.45) is 5.92 Å². The van der Waals surface area contributed by atoms with E-state index in [4.69, 9.17) is 0 Å². The molecule has 0 heterocycles. The Labute approximate surface area is 116 Å². The number of carbonyl (C=O) groups excluding carboxylic acids is 1. The first-order chi connectivity index (χ1) is 8.58. The number of amides is 1. The highest BCUT2D eigenvalue weighted by atomic mass is 79.9. The Morgan fingerprint density at radius 2 is 2.22 bits per heavy atom. The Hall–Kier alpha value is -0.900. The fraction of sp³-hybridized carbons (Fsp3) is 0.500. The van der Waals surface area contributed by atoms with Crippen LogP contribution in [-0.2, 0) is 0 Å². The average molecular weight is 316 g/mol. The van der Waals surface area contributed by atoms with E-state index in [1.54, 1.807) is 19.1 Å². The van der Waals surface area contributed by atoms with E-state index in [0.29, 0.717) is 23.6 Å². The van der Waals surface area contributed by atoms with Crippen molar-refractivity contribution in [3.8, 4) is 0 Å². The van der Waals surface area contributed by atoms with Gasteiger partial charge in [0.15, 0.2) is 0 Å². The van der Waals surface area contributed by atoms with Gasteiger partial charge in [-0.15, -0.1) is 0 Å². The Morgan fingerprint density at radius 1 is 1.50 bits per heavy atom. The molecule has 100 valence electrons. The number of rotatable bonds is 6. The lowest BCUT2D eigenvalue weighted by molar-refractivity contribution is 0.0946. The van der Waals surface area contributed by atoms with Crippen molar-refractivity contribution in [3.63, 3.8) is 0 Å². The fourth-order valence-corrected chi connectivity index (χ4v) is 2.33. The summed E-state index contributed by atoms with van der Waals surface area (Å²) in [6, 6.07) is 4.56. The van der Waals surface area contributed by atoms with Gasteiger partial charge in [0, 0.05) is 17.4 Å². The molecule has 0 spiro atoms. The van der Waals surface area contributed by atoms with Gasteiger partial charge in [0.25, 0.3) is 5.91 Å². The number of halogens is 2. The van der Waals surface area contributed by atoms with E-state index in [1.165, 1.54) is 6.07 Å². The minimum atomic E-state index is -0.338. The van der Waals surface area contributed by atoms with Gasteiger partial charge in [-0.05, 0) is 37.0 Å². The summed E-state index contributed by atoms with van der Waals surface area (Å²) >= 11 is 3.40. The number of alkyl halides is 1. The third kappa shape index (κ3) is 4.41. The Balaban J connectivity index is 2.57. The first-order valence-corrected chi connectivity index (χ1v) is 7.31. The molecule has 0 radical (unpaired) electrons. The molecule has 0 aromatic heterocycles. The van der Waals surface area contributed by atoms with Gasteiger partial charge in [-0.25, -0.2) is 4.39 Å². The van der Waals surface area contributed by atoms with Crippen molar-refractivity contribution >= 4 is 21.8 Å². The van der Waals surface area contributed by atoms with E-state index in [0.717, 1.165) is 18.2 Å². The van der Waals surface area contributed by atoms with Crippen LogP contribution in [0, 0.1) is 18.7 Å². The number of hydrogen-bond donors (Lipinski definition) is 1. The summed E-state index contributed by atoms with van der Waals surface area (Å²) in [5.41, 5.74) is 0.934. The third-order valence-electron chi connectivity index (χ3n) is 3.08. The largest absolute Gasteiger partial charge is 0.352 e. The van der Waals surface area contributed by atoms with Gasteiger partial charge in [-0.3, -0.25) is 4.79 Å². The summed E-state index contributed by atoms with van der Waals surface area (Å²) in [5.74, 6) is -0.0827. The molecular formula is C14H19BrFNO. The van der Waals surface area contributed by atoms with E-state index >= 15 is 0 Å². The smallest absolute Gasteiger partial charge is 0.251 e. The van der Waals surface area contributed by atoms with Crippen molar-refractivity contribution in [2.75, 3.05) is 11.9 Å². The zero-order chi connectivity index (χ0) is 13.5. The zero-order valence-electron chi connectivity index (χ0n) is 10.8. The summed E-state index contributed by atoms with van der Waals surface area (Å²) < 4.78 is 13.3. The zero-order valence-corrected chi connectivity index (χ0v) is 12.4. The summed E-state index contributed by atoms with van der Waals surface area (Å²) in [6.07, 6.45) is 2.05. The standard InChI is InChI=1S/C14H19BrFNO/c1-3-11(6-7-15)9-17-14(18)12-5-4-10(2)13(16)8-12/h4-5,8,11H,3,6-7,9H2,1-2H3,(H,17,18). The molecule has 1 atom stereocenters. The lowest BCUT2D eigenvalue weighted by Gasteiger charge is -2.14. The van der Waals surface area contributed by atoms with Gasteiger partial charge in [0.2, 0.25) is 0 Å². The molecule has 0 aliphatic carbocycles. The molecule has 2 nitrogen and oxygen atoms in total. The first-order valence-electron chi connectivity index (χ1n) is 6.18. The highest BCUT2D eigenvalue weighted by Crippen LogP contribution is 2.11. The fourth-order valence-electron chi connectivity index (χ4n) is 1.68. The molecule has 1 aromatic carbocycles. The molecule has 18 heavy (non-hydrogen) atoms. The quantitative estimate of drug-likeness (QED) is 0.797. The van der Waals surface area contributed by atoms with E-state index in [-0.39, 0.29) is 11.7 Å². The van der Waals surface area contributed by atoms with Crippen LogP contribution in [0.5, 0.6) is 0 Å². The molecule has 0 aliphatic heterocycles. The van der Waals surface area contributed by atoms with E-state index in [1.807, 2.05) is 0 Å². The minimum Gasteiger partial charge on any atom is -0.352 e. The van der Waals surface area contributed by atoms with Crippen LogP contribution in [0.1, 0.15) is 35.7 Å². The highest BCUT2D eigenvalue weighted by Gasteiger charge is 2.10. The molecule has 0 aliphatic rings. The molecular weight excluding hydrogens is 297 g/mol. The highest BCUT2D eigenvalue weighted by molar-refractivity contribution is 9.09. The predicted octanol–water partition coefficient (Wildman–Crippen LogP) is 3.68. The monoisotopic (exact) mass is 315 g/mol. The molecule has 1 rings (SSSR count). The first kappa shape index (κ1) is 15.2. The maximum atomic E-state index is 13.3. The van der Waals surface area contributed by atoms with Crippen molar-refractivity contribution in [3.05, 3.63) is 35.1 Å². The Morgan fingerprint density at radius 3 is 2.78 bits per heavy atom. The average Bonchev–Trinajstić information content (AvgIpc) is 2.37. The summed E-state index contributed by atoms with van der Waals surface area (Å²) in [5, 5.41) is 3.79. The Kier molecular flexibility index (Phi) is 6.33. The van der Waals surface area contributed by atoms with Gasteiger partial charge in [-0.1, -0.05) is 35.3 Å². The molecule has 1 amide bonds. The third-order valence-corrected chi connectivity index (χ3v) is 3.54. The second-order valence-corrected chi connectivity index (χ2v) is 5.22. The number of hydrogen-bond acceptors (Lipinski definition) is 1. The second kappa shape index (κ2) is 7.52. The minimum absolute atomic E-state index is 0.207. The van der Waals surface area contributed by atoms with Crippen LogP contribution >= 0.6 is 15.9 Å². The summed E-state index contributed by atoms with van der Waals surface area (Å²) in [7, 11) is 0.